The molecule has 6 heteroatoms. The van der Waals surface area contributed by atoms with Crippen LogP contribution in [0, 0.1) is 13.0 Å². The van der Waals surface area contributed by atoms with E-state index in [9.17, 15) is 9.18 Å². The minimum atomic E-state index is -0.862. The van der Waals surface area contributed by atoms with E-state index >= 15 is 0 Å². The van der Waals surface area contributed by atoms with E-state index < -0.39 is 6.08 Å². The van der Waals surface area contributed by atoms with Gasteiger partial charge in [0.05, 0.1) is 5.69 Å². The summed E-state index contributed by atoms with van der Waals surface area (Å²) in [7, 11) is 0. The molecule has 0 fully saturated rings. The molecule has 1 aromatic heterocycles. The molecule has 1 amide bonds. The Kier molecular flexibility index (Phi) is 6.76. The second-order valence-corrected chi connectivity index (χ2v) is 4.52. The molecule has 0 aromatic carbocycles. The fraction of sp³-hybridized carbons (Fsp3) is 0.571. The molecule has 1 heterocycles. The van der Waals surface area contributed by atoms with Crippen LogP contribution in [-0.2, 0) is 4.79 Å². The van der Waals surface area contributed by atoms with Crippen molar-refractivity contribution in [2.24, 2.45) is 4.99 Å². The van der Waals surface area contributed by atoms with E-state index in [2.05, 4.69) is 27.2 Å². The van der Waals surface area contributed by atoms with Crippen LogP contribution >= 0.6 is 0 Å². The molecule has 0 saturated heterocycles. The van der Waals surface area contributed by atoms with Crippen LogP contribution in [0.2, 0.25) is 0 Å². The van der Waals surface area contributed by atoms with E-state index in [0.717, 1.165) is 25.7 Å². The van der Waals surface area contributed by atoms with Crippen molar-refractivity contribution in [2.45, 2.75) is 52.9 Å². The van der Waals surface area contributed by atoms with Crippen molar-refractivity contribution >= 4 is 23.6 Å². The van der Waals surface area contributed by atoms with Crippen LogP contribution in [0.1, 0.15) is 51.6 Å². The summed E-state index contributed by atoms with van der Waals surface area (Å²) in [4.78, 5) is 23.1. The summed E-state index contributed by atoms with van der Waals surface area (Å²) in [5.41, 5.74) is 0.799. The van der Waals surface area contributed by atoms with Gasteiger partial charge in [-0.05, 0) is 20.3 Å². The molecule has 0 aliphatic heterocycles. The Morgan fingerprint density at radius 3 is 2.75 bits per heavy atom. The summed E-state index contributed by atoms with van der Waals surface area (Å²) >= 11 is 0. The number of unbranched alkanes of at least 4 members (excludes halogenated alkanes) is 3. The molecule has 0 spiro atoms. The third-order valence-corrected chi connectivity index (χ3v) is 2.80. The van der Waals surface area contributed by atoms with Gasteiger partial charge in [0.25, 0.3) is 0 Å². The Hall–Kier alpha value is -1.85. The smallest absolute Gasteiger partial charge is 0.309 e. The van der Waals surface area contributed by atoms with Crippen molar-refractivity contribution in [1.82, 2.24) is 9.97 Å². The molecular formula is C14H21FN4O. The maximum absolute atomic E-state index is 13.2. The molecule has 110 valence electrons. The zero-order chi connectivity index (χ0) is 15.0. The highest BCUT2D eigenvalue weighted by molar-refractivity contribution is 5.92. The molecule has 0 aliphatic carbocycles. The SMILES string of the molecule is CC=Nc1c(C)nc(F)nc1NC(=O)CCCCCC. The predicted molar refractivity (Wildman–Crippen MR) is 77.9 cm³/mol. The van der Waals surface area contributed by atoms with Crippen LogP contribution in [0.25, 0.3) is 0 Å². The number of hydrogen-bond donors (Lipinski definition) is 1. The van der Waals surface area contributed by atoms with Gasteiger partial charge in [-0.2, -0.15) is 9.37 Å². The van der Waals surface area contributed by atoms with Gasteiger partial charge in [0, 0.05) is 12.6 Å². The number of hydrogen-bond acceptors (Lipinski definition) is 4. The van der Waals surface area contributed by atoms with Gasteiger partial charge in [0.1, 0.15) is 5.69 Å². The summed E-state index contributed by atoms with van der Waals surface area (Å²) in [6, 6.07) is 0. The van der Waals surface area contributed by atoms with E-state index in [1.54, 1.807) is 20.1 Å². The number of aliphatic imine (C=N–C) groups is 1. The first-order valence-corrected chi connectivity index (χ1v) is 6.91. The molecule has 0 atom stereocenters. The number of carbonyl (C=O) groups is 1. The average molecular weight is 280 g/mol. The highest BCUT2D eigenvalue weighted by atomic mass is 19.1. The molecule has 20 heavy (non-hydrogen) atoms. The van der Waals surface area contributed by atoms with Crippen molar-refractivity contribution in [3.63, 3.8) is 0 Å². The Morgan fingerprint density at radius 2 is 2.10 bits per heavy atom. The zero-order valence-corrected chi connectivity index (χ0v) is 12.2. The zero-order valence-electron chi connectivity index (χ0n) is 12.2. The van der Waals surface area contributed by atoms with Crippen molar-refractivity contribution in [3.05, 3.63) is 11.8 Å². The molecule has 0 aliphatic rings. The van der Waals surface area contributed by atoms with Gasteiger partial charge in [-0.25, -0.2) is 4.98 Å². The van der Waals surface area contributed by atoms with E-state index in [4.69, 9.17) is 0 Å². The van der Waals surface area contributed by atoms with Gasteiger partial charge < -0.3 is 5.32 Å². The molecule has 0 unspecified atom stereocenters. The molecular weight excluding hydrogens is 259 g/mol. The third kappa shape index (κ3) is 5.03. The van der Waals surface area contributed by atoms with E-state index in [1.807, 2.05) is 0 Å². The summed E-state index contributed by atoms with van der Waals surface area (Å²) in [5.74, 6) is -0.0419. The topological polar surface area (TPSA) is 67.2 Å². The molecule has 1 aromatic rings. The first-order valence-electron chi connectivity index (χ1n) is 6.91. The summed E-state index contributed by atoms with van der Waals surface area (Å²) < 4.78 is 13.2. The number of rotatable bonds is 7. The maximum Gasteiger partial charge on any atom is 0.310 e. The predicted octanol–water partition coefficient (Wildman–Crippen LogP) is 3.56. The highest BCUT2D eigenvalue weighted by Gasteiger charge is 2.13. The van der Waals surface area contributed by atoms with Gasteiger partial charge in [-0.15, -0.1) is 0 Å². The standard InChI is InChI=1S/C14H21FN4O/c1-4-6-7-8-9-11(20)18-13-12(16-5-2)10(3)17-14(15)19-13/h5H,4,6-9H2,1-3H3,(H,17,18,19,20). The monoisotopic (exact) mass is 280 g/mol. The first-order chi connectivity index (χ1) is 9.58. The number of aromatic nitrogens is 2. The maximum atomic E-state index is 13.2. The van der Waals surface area contributed by atoms with Crippen LogP contribution in [0.4, 0.5) is 15.9 Å². The quantitative estimate of drug-likeness (QED) is 0.472. The van der Waals surface area contributed by atoms with Crippen molar-refractivity contribution in [3.8, 4) is 0 Å². The normalized spacial score (nSPS) is 11.0. The first kappa shape index (κ1) is 16.2. The van der Waals surface area contributed by atoms with Crippen molar-refractivity contribution in [1.29, 1.82) is 0 Å². The minimum Gasteiger partial charge on any atom is -0.309 e. The number of amides is 1. The average Bonchev–Trinajstić information content (AvgIpc) is 2.39. The fourth-order valence-electron chi connectivity index (χ4n) is 1.81. The Bertz CT molecular complexity index is 488. The molecule has 0 saturated carbocycles. The van der Waals surface area contributed by atoms with E-state index in [-0.39, 0.29) is 11.7 Å². The van der Waals surface area contributed by atoms with Crippen LogP contribution in [0.5, 0.6) is 0 Å². The third-order valence-electron chi connectivity index (χ3n) is 2.80. The number of nitrogens with one attached hydrogen (secondary N) is 1. The van der Waals surface area contributed by atoms with Gasteiger partial charge in [0.15, 0.2) is 5.82 Å². The lowest BCUT2D eigenvalue weighted by Gasteiger charge is -2.08. The number of carbonyl (C=O) groups excluding carboxylic acids is 1. The summed E-state index contributed by atoms with van der Waals surface area (Å²) in [6.45, 7) is 5.48. The Labute approximate surface area is 118 Å². The lowest BCUT2D eigenvalue weighted by molar-refractivity contribution is -0.116. The Morgan fingerprint density at radius 1 is 1.35 bits per heavy atom. The summed E-state index contributed by atoms with van der Waals surface area (Å²) in [6.07, 6.45) is 5.16. The minimum absolute atomic E-state index is 0.133. The van der Waals surface area contributed by atoms with E-state index in [1.165, 1.54) is 0 Å². The van der Waals surface area contributed by atoms with Gasteiger partial charge in [-0.3, -0.25) is 9.79 Å². The number of aryl methyl sites for hydroxylation is 1. The van der Waals surface area contributed by atoms with Gasteiger partial charge >= 0.3 is 6.08 Å². The van der Waals surface area contributed by atoms with Crippen LogP contribution in [-0.4, -0.2) is 22.1 Å². The largest absolute Gasteiger partial charge is 0.310 e. The second-order valence-electron chi connectivity index (χ2n) is 4.52. The molecule has 1 rings (SSSR count). The summed E-state index contributed by atoms with van der Waals surface area (Å²) in [5, 5.41) is 2.61. The molecule has 0 bridgehead atoms. The number of halogens is 1. The van der Waals surface area contributed by atoms with Crippen molar-refractivity contribution in [2.75, 3.05) is 5.32 Å². The van der Waals surface area contributed by atoms with Crippen molar-refractivity contribution < 1.29 is 9.18 Å². The second kappa shape index (κ2) is 8.35. The van der Waals surface area contributed by atoms with E-state index in [0.29, 0.717) is 17.8 Å². The van der Waals surface area contributed by atoms with Gasteiger partial charge in [0.2, 0.25) is 5.91 Å². The number of anilines is 1. The molecule has 1 N–H and O–H groups in total. The highest BCUT2D eigenvalue weighted by Crippen LogP contribution is 2.25. The van der Waals surface area contributed by atoms with Crippen LogP contribution in [0.15, 0.2) is 4.99 Å². The van der Waals surface area contributed by atoms with Crippen LogP contribution in [0.3, 0.4) is 0 Å². The van der Waals surface area contributed by atoms with Crippen LogP contribution < -0.4 is 5.32 Å². The lowest BCUT2D eigenvalue weighted by Crippen LogP contribution is -2.14. The van der Waals surface area contributed by atoms with Gasteiger partial charge in [-0.1, -0.05) is 26.2 Å². The molecule has 0 radical (unpaired) electrons. The number of nitrogens with zero attached hydrogens (tertiary/aromatic N) is 3. The Balaban J connectivity index is 2.73. The fourth-order valence-corrected chi connectivity index (χ4v) is 1.81. The molecule has 5 nitrogen and oxygen atoms in total. The lowest BCUT2D eigenvalue weighted by atomic mass is 10.1.